The van der Waals surface area contributed by atoms with E-state index in [1.54, 1.807) is 27.7 Å². The molecular formula is C90H129F3N10O40. The summed E-state index contributed by atoms with van der Waals surface area (Å²) >= 11 is 0. The first-order valence-corrected chi connectivity index (χ1v) is 45.8. The Morgan fingerprint density at radius 1 is 0.392 bits per heavy atom. The lowest BCUT2D eigenvalue weighted by molar-refractivity contribution is -0.290. The van der Waals surface area contributed by atoms with E-state index in [9.17, 15) is 115 Å². The van der Waals surface area contributed by atoms with E-state index in [0.717, 1.165) is 45.9 Å². The molecule has 4 aliphatic heterocycles. The van der Waals surface area contributed by atoms with Gasteiger partial charge in [0.25, 0.3) is 23.6 Å². The van der Waals surface area contributed by atoms with Crippen molar-refractivity contribution in [2.45, 2.75) is 220 Å². The molecule has 0 saturated carbocycles. The Morgan fingerprint density at radius 2 is 0.762 bits per heavy atom. The molecule has 143 heavy (non-hydrogen) atoms. The van der Waals surface area contributed by atoms with Crippen LogP contribution in [0, 0.1) is 23.7 Å². The molecular weight excluding hydrogens is 1920 g/mol. The minimum Gasteiger partial charge on any atom is -0.463 e. The van der Waals surface area contributed by atoms with Crippen molar-refractivity contribution < 1.29 is 205 Å². The number of benzene rings is 2. The number of Topliss-reactive ketones (excluding diaryl/α,β-unsaturated/α-hetero) is 1. The third kappa shape index (κ3) is 41.9. The summed E-state index contributed by atoms with van der Waals surface area (Å²) in [5.41, 5.74) is -1.11. The maximum Gasteiger partial charge on any atom is 0.471 e. The predicted molar refractivity (Wildman–Crippen MR) is 478 cm³/mol. The van der Waals surface area contributed by atoms with E-state index >= 15 is 0 Å². The standard InChI is InChI=1S/C90H129F3N10O40/c1-45-67(42-133-51(7)107)141-87(72(100-49(5)105)76(45)136-54(10)110)131-30-26-127-21-17-95-81(120)60-33-58(32-59(35-60)80(119)94-16-20-125-24-28-129-85-47(3)74(117)75(118)66(41-104)140-85)34-64(114)39-98-70(115)15-14-65(103-89(124)90(91,92)93)84(123)99-40-71(116)102-63-37-61(82(121)96-18-22-126-25-29-130-86-48(4)78(138-56(12)112)79(139-57(13)113)69(143-86)44-135-53(9)109)36-62(38-63)83(122)97-19-23-128-27-31-132-88-73(101-50(6)106)77(137-55(11)111)46(2)68(142-88)43-134-52(8)108/h32-33,35-38,45-48,65-69,72-79,85-88,104,117-118H,14-31,34,39-44H2,1-13H3,(H,94,119)(H,95,120)(H,96,121)(H,97,122)(H,98,115)(H,99,123)(H,100,105)(H,101,106)(H,102,116)(H,103,124)/t45-,46-,47+,48+,65-,66+,67+,68+,69+,72+,73+,74+,75-,76-,77-,78+,79-,85?,86?,87?,88?/m0/s1. The monoisotopic (exact) mass is 2050 g/mol. The second-order valence-electron chi connectivity index (χ2n) is 33.4. The molecule has 0 aromatic heterocycles. The molecule has 2 aromatic rings. The van der Waals surface area contributed by atoms with Gasteiger partial charge in [0.2, 0.25) is 29.5 Å². The summed E-state index contributed by atoms with van der Waals surface area (Å²) in [6.45, 7) is 11.1. The molecule has 13 N–H and O–H groups in total. The van der Waals surface area contributed by atoms with Crippen LogP contribution in [0.5, 0.6) is 0 Å². The van der Waals surface area contributed by atoms with Crippen LogP contribution in [0.15, 0.2) is 36.4 Å². The number of alkyl halides is 3. The second kappa shape index (κ2) is 60.8. The Hall–Kier alpha value is -11.7. The molecule has 4 unspecified atom stereocenters. The fourth-order valence-corrected chi connectivity index (χ4v) is 14.9. The van der Waals surface area contributed by atoms with Crippen LogP contribution in [0.3, 0.4) is 0 Å². The highest BCUT2D eigenvalue weighted by Gasteiger charge is 2.52. The third-order valence-electron chi connectivity index (χ3n) is 21.8. The van der Waals surface area contributed by atoms with Crippen molar-refractivity contribution in [1.29, 1.82) is 0 Å². The van der Waals surface area contributed by atoms with Gasteiger partial charge < -0.3 is 158 Å². The molecule has 800 valence electrons. The Labute approximate surface area is 819 Å². The molecule has 50 nitrogen and oxygen atoms in total. The molecule has 10 amide bonds. The van der Waals surface area contributed by atoms with Crippen molar-refractivity contribution in [3.63, 3.8) is 0 Å². The molecule has 0 radical (unpaired) electrons. The van der Waals surface area contributed by atoms with Crippen molar-refractivity contribution in [3.05, 3.63) is 64.2 Å². The molecule has 21 atom stereocenters. The van der Waals surface area contributed by atoms with Crippen molar-refractivity contribution in [1.82, 2.24) is 47.9 Å². The van der Waals surface area contributed by atoms with Crippen molar-refractivity contribution in [2.24, 2.45) is 23.7 Å². The molecule has 2 aromatic carbocycles. The van der Waals surface area contributed by atoms with Gasteiger partial charge in [0.05, 0.1) is 105 Å². The van der Waals surface area contributed by atoms with Crippen molar-refractivity contribution in [3.8, 4) is 0 Å². The predicted octanol–water partition coefficient (Wildman–Crippen LogP) is -2.87. The lowest BCUT2D eigenvalue weighted by Gasteiger charge is -2.44. The number of rotatable bonds is 57. The smallest absolute Gasteiger partial charge is 0.463 e. The summed E-state index contributed by atoms with van der Waals surface area (Å²) in [4.78, 5) is 231. The van der Waals surface area contributed by atoms with E-state index in [1.807, 2.05) is 0 Å². The normalized spacial score (nSPS) is 24.2. The molecule has 4 fully saturated rings. The van der Waals surface area contributed by atoms with Gasteiger partial charge in [-0.15, -0.1) is 0 Å². The van der Waals surface area contributed by atoms with Crippen LogP contribution in [0.2, 0.25) is 0 Å². The van der Waals surface area contributed by atoms with E-state index in [0.29, 0.717) is 0 Å². The average molecular weight is 2050 g/mol. The van der Waals surface area contributed by atoms with Gasteiger partial charge in [0, 0.05) is 153 Å². The minimum absolute atomic E-state index is 0.0398. The number of carbonyl (C=O) groups excluding carboxylic acids is 18. The number of hydrogen-bond acceptors (Lipinski definition) is 40. The molecule has 53 heteroatoms. The molecule has 0 spiro atoms. The van der Waals surface area contributed by atoms with Gasteiger partial charge in [-0.2, -0.15) is 13.2 Å². The fraction of sp³-hybridized carbons (Fsp3) is 0.667. The van der Waals surface area contributed by atoms with E-state index < -0.39 is 286 Å². The quantitative estimate of drug-likeness (QED) is 0.0180. The number of nitrogens with one attached hydrogen (secondary N) is 10. The SMILES string of the molecule is CC(=O)N[C@H]1C(OCCOCCNC(=O)c2cc(CC(=O)CNC(=O)CC[C@H](NC(=O)C(F)(F)F)C(=O)NCC(=O)Nc3cc(C(=O)NCCOCCOC4O[C@H](COC(C)=O)[C@H](OC(C)=O)[C@H](OC(C)=O)[C@H]4C)cc(C(=O)NCCOCCOC4O[C@H](COC(C)=O)[C@H](C)[C@H](OC(C)=O)[C@H]4NC(C)=O)c3)cc(C(=O)NCCOCCOC3O[C@H](CO)[C@H](O)[C@H](O)[C@H]3C)c2)O[C@H](COC(C)=O)[C@H](C)[C@@H]1OC(C)=O. The molecule has 0 aliphatic carbocycles. The molecule has 0 bridgehead atoms. The summed E-state index contributed by atoms with van der Waals surface area (Å²) in [6, 6.07) is 2.76. The van der Waals surface area contributed by atoms with Crippen LogP contribution >= 0.6 is 0 Å². The van der Waals surface area contributed by atoms with Gasteiger partial charge in [-0.3, -0.25) is 86.3 Å². The third-order valence-corrected chi connectivity index (χ3v) is 21.8. The van der Waals surface area contributed by atoms with Gasteiger partial charge in [-0.25, -0.2) is 0 Å². The zero-order valence-corrected chi connectivity index (χ0v) is 81.3. The Bertz CT molecular complexity index is 4630. The number of halogens is 3. The van der Waals surface area contributed by atoms with Crippen LogP contribution in [-0.4, -0.2) is 377 Å². The number of carbonyl (C=O) groups is 18. The van der Waals surface area contributed by atoms with Gasteiger partial charge in [0.15, 0.2) is 37.0 Å². The number of aliphatic hydroxyl groups excluding tert-OH is 3. The molecule has 4 saturated heterocycles. The summed E-state index contributed by atoms with van der Waals surface area (Å²) in [7, 11) is 0. The number of anilines is 1. The number of amides is 10. The topological polar surface area (TPSA) is 664 Å². The number of hydrogen-bond donors (Lipinski definition) is 13. The highest BCUT2D eigenvalue weighted by molar-refractivity contribution is 6.04. The molecule has 4 aliphatic rings. The maximum absolute atomic E-state index is 13.9. The van der Waals surface area contributed by atoms with E-state index in [2.05, 4.69) is 47.9 Å². The summed E-state index contributed by atoms with van der Waals surface area (Å²) in [5.74, 6) is -18.8. The van der Waals surface area contributed by atoms with E-state index in [4.69, 9.17) is 90.0 Å². The minimum atomic E-state index is -5.61. The van der Waals surface area contributed by atoms with Gasteiger partial charge in [0.1, 0.15) is 86.8 Å². The Kier molecular flexibility index (Phi) is 51.0. The zero-order valence-electron chi connectivity index (χ0n) is 81.3. The highest BCUT2D eigenvalue weighted by atomic mass is 19.4. The second-order valence-corrected chi connectivity index (χ2v) is 33.4. The van der Waals surface area contributed by atoms with Crippen LogP contribution in [0.25, 0.3) is 0 Å². The number of aliphatic hydroxyl groups is 3. The average Bonchev–Trinajstić information content (AvgIpc) is 0.795. The van der Waals surface area contributed by atoms with Gasteiger partial charge in [-0.05, 0) is 48.4 Å². The van der Waals surface area contributed by atoms with Crippen LogP contribution in [-0.2, 0) is 164 Å². The van der Waals surface area contributed by atoms with Gasteiger partial charge >= 0.3 is 53.9 Å². The van der Waals surface area contributed by atoms with E-state index in [1.165, 1.54) is 58.1 Å². The maximum atomic E-state index is 13.9. The van der Waals surface area contributed by atoms with E-state index in [-0.39, 0.29) is 152 Å². The van der Waals surface area contributed by atoms with Crippen LogP contribution < -0.4 is 53.2 Å². The molecule has 6 rings (SSSR count). The summed E-state index contributed by atoms with van der Waals surface area (Å²) < 4.78 is 149. The van der Waals surface area contributed by atoms with Crippen LogP contribution in [0.4, 0.5) is 18.9 Å². The number of ether oxygens (including phenoxy) is 19. The lowest BCUT2D eigenvalue weighted by Crippen LogP contribution is -2.63. The number of ketones is 1. The lowest BCUT2D eigenvalue weighted by atomic mass is 9.89. The Morgan fingerprint density at radius 3 is 1.15 bits per heavy atom. The first kappa shape index (κ1) is 120. The first-order chi connectivity index (χ1) is 67.6. The molecule has 4 heterocycles. The van der Waals surface area contributed by atoms with Gasteiger partial charge in [-0.1, -0.05) is 27.7 Å². The van der Waals surface area contributed by atoms with Crippen LogP contribution in [0.1, 0.15) is 150 Å². The Balaban J connectivity index is 1.10. The number of esters is 7. The van der Waals surface area contributed by atoms with Crippen molar-refractivity contribution >= 4 is 112 Å². The largest absolute Gasteiger partial charge is 0.471 e. The van der Waals surface area contributed by atoms with Crippen molar-refractivity contribution in [2.75, 3.05) is 150 Å². The summed E-state index contributed by atoms with van der Waals surface area (Å²) in [6.07, 6.45) is -23.5. The fourth-order valence-electron chi connectivity index (χ4n) is 14.9. The summed E-state index contributed by atoms with van der Waals surface area (Å²) in [5, 5.41) is 54.1. The highest BCUT2D eigenvalue weighted by Crippen LogP contribution is 2.35. The first-order valence-electron chi connectivity index (χ1n) is 45.8. The zero-order chi connectivity index (χ0) is 106.